The summed E-state index contributed by atoms with van der Waals surface area (Å²) in [5.74, 6) is 0.938. The first kappa shape index (κ1) is 21.1. The van der Waals surface area contributed by atoms with Crippen LogP contribution in [0.1, 0.15) is 37.7 Å². The van der Waals surface area contributed by atoms with Gasteiger partial charge in [-0.1, -0.05) is 23.7 Å². The van der Waals surface area contributed by atoms with E-state index >= 15 is 0 Å². The molecule has 0 aliphatic carbocycles. The molecule has 3 rings (SSSR count). The van der Waals surface area contributed by atoms with Gasteiger partial charge in [0.05, 0.1) is 0 Å². The number of hydrogen-bond acceptors (Lipinski definition) is 3. The lowest BCUT2D eigenvalue weighted by atomic mass is 9.92. The molecule has 2 heterocycles. The fourth-order valence-corrected chi connectivity index (χ4v) is 4.38. The van der Waals surface area contributed by atoms with E-state index in [4.69, 9.17) is 11.6 Å². The van der Waals surface area contributed by atoms with Crippen molar-refractivity contribution >= 4 is 23.4 Å². The number of nitrogens with zero attached hydrogens (tertiary/aromatic N) is 3. The Bertz CT molecular complexity index is 674. The number of rotatable bonds is 6. The summed E-state index contributed by atoms with van der Waals surface area (Å²) in [5.41, 5.74) is 1.10. The molecule has 2 amide bonds. The normalized spacial score (nSPS) is 21.0. The monoisotopic (exact) mass is 405 g/mol. The van der Waals surface area contributed by atoms with Gasteiger partial charge >= 0.3 is 0 Å². The summed E-state index contributed by atoms with van der Waals surface area (Å²) < 4.78 is 0. The summed E-state index contributed by atoms with van der Waals surface area (Å²) in [7, 11) is 2.10. The molecule has 0 N–H and O–H groups in total. The lowest BCUT2D eigenvalue weighted by molar-refractivity contribution is -0.133. The van der Waals surface area contributed by atoms with Crippen molar-refractivity contribution in [3.05, 3.63) is 34.9 Å². The zero-order valence-electron chi connectivity index (χ0n) is 16.9. The number of carbonyl (C=O) groups excluding carboxylic acids is 2. The van der Waals surface area contributed by atoms with Gasteiger partial charge in [-0.2, -0.15) is 0 Å². The Morgan fingerprint density at radius 3 is 2.54 bits per heavy atom. The maximum Gasteiger partial charge on any atom is 0.222 e. The molecular formula is C22H32ClN3O2. The van der Waals surface area contributed by atoms with Gasteiger partial charge < -0.3 is 14.7 Å². The smallest absolute Gasteiger partial charge is 0.222 e. The quantitative estimate of drug-likeness (QED) is 0.730. The van der Waals surface area contributed by atoms with Crippen molar-refractivity contribution in [3.63, 3.8) is 0 Å². The van der Waals surface area contributed by atoms with E-state index in [1.165, 1.54) is 0 Å². The predicted octanol–water partition coefficient (Wildman–Crippen LogP) is 3.07. The van der Waals surface area contributed by atoms with E-state index in [-0.39, 0.29) is 11.8 Å². The van der Waals surface area contributed by atoms with E-state index in [0.717, 1.165) is 70.5 Å². The Kier molecular flexibility index (Phi) is 7.74. The number of carbonyl (C=O) groups is 2. The van der Waals surface area contributed by atoms with Crippen LogP contribution in [0.2, 0.25) is 5.02 Å². The number of likely N-dealkylation sites (N-methyl/N-ethyl adjacent to an activating group) is 1. The van der Waals surface area contributed by atoms with Gasteiger partial charge in [-0.3, -0.25) is 9.59 Å². The zero-order chi connectivity index (χ0) is 19.9. The van der Waals surface area contributed by atoms with Gasteiger partial charge in [0.25, 0.3) is 0 Å². The second kappa shape index (κ2) is 10.3. The minimum atomic E-state index is 0.218. The molecule has 6 heteroatoms. The van der Waals surface area contributed by atoms with Gasteiger partial charge in [-0.15, -0.1) is 0 Å². The number of hydrogen-bond donors (Lipinski definition) is 0. The predicted molar refractivity (Wildman–Crippen MR) is 112 cm³/mol. The van der Waals surface area contributed by atoms with E-state index in [0.29, 0.717) is 23.8 Å². The first-order valence-electron chi connectivity index (χ1n) is 10.5. The molecule has 1 aromatic rings. The number of halogens is 1. The standard InChI is InChI=1S/C22H32ClN3O2/c1-24-12-14-25(15-13-24)21(27)10-8-19-5-3-11-26(17-19)22(28)9-7-18-4-2-6-20(23)16-18/h2,4,6,16,19H,3,5,7-15,17H2,1H3. The highest BCUT2D eigenvalue weighted by molar-refractivity contribution is 6.30. The number of aryl methyl sites for hydroxylation is 1. The highest BCUT2D eigenvalue weighted by Crippen LogP contribution is 2.23. The number of piperidine rings is 1. The van der Waals surface area contributed by atoms with Crippen molar-refractivity contribution in [2.45, 2.75) is 38.5 Å². The summed E-state index contributed by atoms with van der Waals surface area (Å²) in [5, 5.41) is 0.716. The molecule has 0 aromatic heterocycles. The largest absolute Gasteiger partial charge is 0.342 e. The van der Waals surface area contributed by atoms with Crippen LogP contribution >= 0.6 is 11.6 Å². The third-order valence-corrected chi connectivity index (χ3v) is 6.25. The molecule has 0 bridgehead atoms. The second-order valence-corrected chi connectivity index (χ2v) is 8.64. The first-order chi connectivity index (χ1) is 13.5. The Hall–Kier alpha value is -1.59. The summed E-state index contributed by atoms with van der Waals surface area (Å²) in [6.07, 6.45) is 4.91. The second-order valence-electron chi connectivity index (χ2n) is 8.20. The van der Waals surface area contributed by atoms with E-state index in [2.05, 4.69) is 11.9 Å². The summed E-state index contributed by atoms with van der Waals surface area (Å²) in [6.45, 7) is 5.25. The average molecular weight is 406 g/mol. The molecule has 0 spiro atoms. The van der Waals surface area contributed by atoms with E-state index in [1.807, 2.05) is 34.1 Å². The SMILES string of the molecule is CN1CCN(C(=O)CCC2CCCN(C(=O)CCc3cccc(Cl)c3)C2)CC1. The summed E-state index contributed by atoms with van der Waals surface area (Å²) in [6, 6.07) is 7.72. The van der Waals surface area contributed by atoms with Crippen molar-refractivity contribution < 1.29 is 9.59 Å². The van der Waals surface area contributed by atoms with E-state index < -0.39 is 0 Å². The van der Waals surface area contributed by atoms with Gasteiger partial charge in [0.15, 0.2) is 0 Å². The minimum absolute atomic E-state index is 0.218. The zero-order valence-corrected chi connectivity index (χ0v) is 17.7. The Labute approximate surface area is 173 Å². The van der Waals surface area contributed by atoms with Crippen LogP contribution in [0.25, 0.3) is 0 Å². The minimum Gasteiger partial charge on any atom is -0.342 e. The van der Waals surface area contributed by atoms with E-state index in [9.17, 15) is 9.59 Å². The maximum atomic E-state index is 12.6. The lowest BCUT2D eigenvalue weighted by Gasteiger charge is -2.34. The Morgan fingerprint density at radius 1 is 1.04 bits per heavy atom. The Balaban J connectivity index is 1.40. The summed E-state index contributed by atoms with van der Waals surface area (Å²) >= 11 is 6.02. The van der Waals surface area contributed by atoms with Crippen LogP contribution in [0.5, 0.6) is 0 Å². The number of likely N-dealkylation sites (tertiary alicyclic amines) is 1. The van der Waals surface area contributed by atoms with Gasteiger partial charge in [0.2, 0.25) is 11.8 Å². The van der Waals surface area contributed by atoms with Crippen molar-refractivity contribution in [1.82, 2.24) is 14.7 Å². The van der Waals surface area contributed by atoms with Crippen LogP contribution in [0.4, 0.5) is 0 Å². The van der Waals surface area contributed by atoms with Crippen molar-refractivity contribution in [2.75, 3.05) is 46.3 Å². The van der Waals surface area contributed by atoms with Crippen molar-refractivity contribution in [3.8, 4) is 0 Å². The molecule has 154 valence electrons. The molecule has 0 saturated carbocycles. The average Bonchev–Trinajstić information content (AvgIpc) is 2.71. The molecule has 0 radical (unpaired) electrons. The highest BCUT2D eigenvalue weighted by Gasteiger charge is 2.25. The highest BCUT2D eigenvalue weighted by atomic mass is 35.5. The van der Waals surface area contributed by atoms with Gasteiger partial charge in [0, 0.05) is 57.1 Å². The van der Waals surface area contributed by atoms with Crippen LogP contribution < -0.4 is 0 Å². The van der Waals surface area contributed by atoms with Crippen LogP contribution in [0.15, 0.2) is 24.3 Å². The molecule has 1 aromatic carbocycles. The molecule has 2 aliphatic rings. The van der Waals surface area contributed by atoms with Gasteiger partial charge in [-0.25, -0.2) is 0 Å². The van der Waals surface area contributed by atoms with E-state index in [1.54, 1.807) is 0 Å². The third kappa shape index (κ3) is 6.21. The van der Waals surface area contributed by atoms with Gasteiger partial charge in [-0.05, 0) is 56.3 Å². The summed E-state index contributed by atoms with van der Waals surface area (Å²) in [4.78, 5) is 31.4. The molecule has 1 atom stereocenters. The fraction of sp³-hybridized carbons (Fsp3) is 0.636. The molecule has 2 saturated heterocycles. The molecule has 2 fully saturated rings. The number of piperazine rings is 1. The topological polar surface area (TPSA) is 43.9 Å². The van der Waals surface area contributed by atoms with Crippen molar-refractivity contribution in [1.29, 1.82) is 0 Å². The lowest BCUT2D eigenvalue weighted by Crippen LogP contribution is -2.47. The first-order valence-corrected chi connectivity index (χ1v) is 10.9. The number of benzene rings is 1. The molecule has 5 nitrogen and oxygen atoms in total. The molecular weight excluding hydrogens is 374 g/mol. The maximum absolute atomic E-state index is 12.6. The number of amides is 2. The molecule has 28 heavy (non-hydrogen) atoms. The Morgan fingerprint density at radius 2 is 1.79 bits per heavy atom. The van der Waals surface area contributed by atoms with Crippen LogP contribution in [0.3, 0.4) is 0 Å². The van der Waals surface area contributed by atoms with Crippen LogP contribution in [-0.2, 0) is 16.0 Å². The third-order valence-electron chi connectivity index (χ3n) is 6.01. The van der Waals surface area contributed by atoms with Crippen LogP contribution in [-0.4, -0.2) is 72.8 Å². The molecule has 2 aliphatic heterocycles. The van der Waals surface area contributed by atoms with Crippen LogP contribution in [0, 0.1) is 5.92 Å². The molecule has 1 unspecified atom stereocenters. The van der Waals surface area contributed by atoms with Crippen molar-refractivity contribution in [2.24, 2.45) is 5.92 Å². The fourth-order valence-electron chi connectivity index (χ4n) is 4.17. The van der Waals surface area contributed by atoms with Gasteiger partial charge in [0.1, 0.15) is 0 Å².